The van der Waals surface area contributed by atoms with Gasteiger partial charge in [0.15, 0.2) is 5.78 Å². The maximum absolute atomic E-state index is 11.4. The van der Waals surface area contributed by atoms with E-state index >= 15 is 0 Å². The Morgan fingerprint density at radius 1 is 1.58 bits per heavy atom. The maximum atomic E-state index is 11.4. The topological polar surface area (TPSA) is 29.1 Å². The standard InChI is InChI=1S/C10H15NO/c1-2-3-7-10(12)9-6-4-5-8-11-9/h9,11H,4-8H2,1H3. The van der Waals surface area contributed by atoms with E-state index in [0.717, 1.165) is 13.0 Å². The Morgan fingerprint density at radius 3 is 3.00 bits per heavy atom. The molecule has 1 aliphatic rings. The molecule has 1 atom stereocenters. The first-order valence-corrected chi connectivity index (χ1v) is 4.50. The summed E-state index contributed by atoms with van der Waals surface area (Å²) in [5.74, 6) is 5.80. The van der Waals surface area contributed by atoms with E-state index in [-0.39, 0.29) is 11.8 Å². The molecule has 0 radical (unpaired) electrons. The Morgan fingerprint density at radius 2 is 2.42 bits per heavy atom. The van der Waals surface area contributed by atoms with Crippen LogP contribution in [0.1, 0.15) is 32.6 Å². The van der Waals surface area contributed by atoms with Crippen molar-refractivity contribution in [3.05, 3.63) is 0 Å². The lowest BCUT2D eigenvalue weighted by Gasteiger charge is -2.21. The van der Waals surface area contributed by atoms with E-state index < -0.39 is 0 Å². The van der Waals surface area contributed by atoms with Gasteiger partial charge in [0.05, 0.1) is 12.5 Å². The van der Waals surface area contributed by atoms with Crippen molar-refractivity contribution in [2.45, 2.75) is 38.6 Å². The molecular formula is C10H15NO. The van der Waals surface area contributed by atoms with Crippen molar-refractivity contribution in [1.29, 1.82) is 0 Å². The molecule has 2 nitrogen and oxygen atoms in total. The van der Waals surface area contributed by atoms with Gasteiger partial charge in [-0.15, -0.1) is 5.92 Å². The molecular weight excluding hydrogens is 150 g/mol. The zero-order chi connectivity index (χ0) is 8.81. The summed E-state index contributed by atoms with van der Waals surface area (Å²) in [4.78, 5) is 11.4. The number of hydrogen-bond donors (Lipinski definition) is 1. The van der Waals surface area contributed by atoms with Crippen molar-refractivity contribution in [3.8, 4) is 11.8 Å². The highest BCUT2D eigenvalue weighted by Gasteiger charge is 2.18. The van der Waals surface area contributed by atoms with E-state index in [1.54, 1.807) is 6.92 Å². The van der Waals surface area contributed by atoms with Crippen LogP contribution in [0.25, 0.3) is 0 Å². The number of piperidine rings is 1. The molecule has 0 aromatic carbocycles. The van der Waals surface area contributed by atoms with Gasteiger partial charge in [-0.05, 0) is 26.3 Å². The number of hydrogen-bond acceptors (Lipinski definition) is 2. The molecule has 0 aliphatic carbocycles. The summed E-state index contributed by atoms with van der Waals surface area (Å²) < 4.78 is 0. The molecule has 1 N–H and O–H groups in total. The molecule has 1 heterocycles. The van der Waals surface area contributed by atoms with Gasteiger partial charge in [-0.1, -0.05) is 12.3 Å². The molecule has 66 valence electrons. The summed E-state index contributed by atoms with van der Waals surface area (Å²) in [5, 5.41) is 3.21. The molecule has 1 saturated heterocycles. The largest absolute Gasteiger partial charge is 0.307 e. The van der Waals surface area contributed by atoms with E-state index in [9.17, 15) is 4.79 Å². The zero-order valence-corrected chi connectivity index (χ0v) is 7.52. The van der Waals surface area contributed by atoms with Gasteiger partial charge in [-0.3, -0.25) is 4.79 Å². The minimum absolute atomic E-state index is 0.0830. The minimum atomic E-state index is 0.0830. The number of Topliss-reactive ketones (excluding diaryl/α,β-unsaturated/α-hetero) is 1. The van der Waals surface area contributed by atoms with E-state index in [2.05, 4.69) is 17.2 Å². The monoisotopic (exact) mass is 165 g/mol. The Hall–Kier alpha value is -0.810. The molecule has 1 fully saturated rings. The predicted molar refractivity (Wildman–Crippen MR) is 48.7 cm³/mol. The van der Waals surface area contributed by atoms with Crippen molar-refractivity contribution >= 4 is 5.78 Å². The smallest absolute Gasteiger partial charge is 0.161 e. The molecule has 0 aromatic heterocycles. The first-order valence-electron chi connectivity index (χ1n) is 4.50. The van der Waals surface area contributed by atoms with Crippen molar-refractivity contribution in [2.75, 3.05) is 6.54 Å². The van der Waals surface area contributed by atoms with E-state index in [0.29, 0.717) is 6.42 Å². The minimum Gasteiger partial charge on any atom is -0.307 e. The molecule has 1 rings (SSSR count). The van der Waals surface area contributed by atoms with Gasteiger partial charge in [-0.25, -0.2) is 0 Å². The van der Waals surface area contributed by atoms with Crippen LogP contribution in [0.3, 0.4) is 0 Å². The van der Waals surface area contributed by atoms with E-state index in [1.165, 1.54) is 12.8 Å². The van der Waals surface area contributed by atoms with Gasteiger partial charge in [-0.2, -0.15) is 0 Å². The first-order chi connectivity index (χ1) is 5.84. The normalized spacial score (nSPS) is 22.6. The van der Waals surface area contributed by atoms with E-state index in [1.807, 2.05) is 0 Å². The van der Waals surface area contributed by atoms with Crippen LogP contribution in [-0.2, 0) is 4.79 Å². The summed E-state index contributed by atoms with van der Waals surface area (Å²) in [5.41, 5.74) is 0. The van der Waals surface area contributed by atoms with Crippen LogP contribution in [0.5, 0.6) is 0 Å². The average Bonchev–Trinajstić information content (AvgIpc) is 2.15. The summed E-state index contributed by atoms with van der Waals surface area (Å²) in [7, 11) is 0. The molecule has 0 amide bonds. The molecule has 1 unspecified atom stereocenters. The van der Waals surface area contributed by atoms with Gasteiger partial charge in [0.2, 0.25) is 0 Å². The second kappa shape index (κ2) is 4.95. The number of rotatable bonds is 2. The summed E-state index contributed by atoms with van der Waals surface area (Å²) in [6.07, 6.45) is 3.77. The lowest BCUT2D eigenvalue weighted by Crippen LogP contribution is -2.40. The Bertz CT molecular complexity index is 206. The average molecular weight is 165 g/mol. The second-order valence-corrected chi connectivity index (χ2v) is 3.07. The third-order valence-electron chi connectivity index (χ3n) is 2.14. The molecule has 0 bridgehead atoms. The molecule has 0 saturated carbocycles. The fourth-order valence-corrected chi connectivity index (χ4v) is 1.43. The number of nitrogens with one attached hydrogen (secondary N) is 1. The van der Waals surface area contributed by atoms with Crippen LogP contribution in [0.4, 0.5) is 0 Å². The lowest BCUT2D eigenvalue weighted by molar-refractivity contribution is -0.120. The highest BCUT2D eigenvalue weighted by molar-refractivity contribution is 5.86. The Labute approximate surface area is 73.7 Å². The second-order valence-electron chi connectivity index (χ2n) is 3.07. The van der Waals surface area contributed by atoms with Crippen LogP contribution in [-0.4, -0.2) is 18.4 Å². The number of ketones is 1. The fraction of sp³-hybridized carbons (Fsp3) is 0.700. The summed E-state index contributed by atoms with van der Waals surface area (Å²) in [6, 6.07) is 0.0830. The molecule has 12 heavy (non-hydrogen) atoms. The Kier molecular flexibility index (Phi) is 3.83. The maximum Gasteiger partial charge on any atom is 0.161 e. The SMILES string of the molecule is CC#CCC(=O)C1CCCCN1. The number of carbonyl (C=O) groups is 1. The fourth-order valence-electron chi connectivity index (χ4n) is 1.43. The van der Waals surface area contributed by atoms with Crippen LogP contribution in [0.2, 0.25) is 0 Å². The third-order valence-corrected chi connectivity index (χ3v) is 2.14. The number of carbonyl (C=O) groups excluding carboxylic acids is 1. The van der Waals surface area contributed by atoms with Gasteiger partial charge < -0.3 is 5.32 Å². The zero-order valence-electron chi connectivity index (χ0n) is 7.52. The van der Waals surface area contributed by atoms with Crippen LogP contribution < -0.4 is 5.32 Å². The summed E-state index contributed by atoms with van der Waals surface area (Å²) in [6.45, 7) is 2.75. The third kappa shape index (κ3) is 2.67. The first kappa shape index (κ1) is 9.28. The van der Waals surface area contributed by atoms with Crippen molar-refractivity contribution in [2.24, 2.45) is 0 Å². The van der Waals surface area contributed by atoms with Crippen LogP contribution in [0.15, 0.2) is 0 Å². The predicted octanol–water partition coefficient (Wildman–Crippen LogP) is 1.11. The quantitative estimate of drug-likeness (QED) is 0.621. The van der Waals surface area contributed by atoms with Gasteiger partial charge in [0.25, 0.3) is 0 Å². The molecule has 0 spiro atoms. The van der Waals surface area contributed by atoms with Crippen molar-refractivity contribution in [3.63, 3.8) is 0 Å². The van der Waals surface area contributed by atoms with Crippen molar-refractivity contribution < 1.29 is 4.79 Å². The molecule has 2 heteroatoms. The van der Waals surface area contributed by atoms with Crippen LogP contribution in [0, 0.1) is 11.8 Å². The lowest BCUT2D eigenvalue weighted by atomic mass is 10.00. The van der Waals surface area contributed by atoms with E-state index in [4.69, 9.17) is 0 Å². The van der Waals surface area contributed by atoms with Gasteiger partial charge in [0.1, 0.15) is 0 Å². The van der Waals surface area contributed by atoms with Crippen molar-refractivity contribution in [1.82, 2.24) is 5.32 Å². The molecule has 0 aromatic rings. The highest BCUT2D eigenvalue weighted by atomic mass is 16.1. The highest BCUT2D eigenvalue weighted by Crippen LogP contribution is 2.08. The molecule has 1 aliphatic heterocycles. The van der Waals surface area contributed by atoms with Gasteiger partial charge in [0, 0.05) is 0 Å². The van der Waals surface area contributed by atoms with Gasteiger partial charge >= 0.3 is 0 Å². The van der Waals surface area contributed by atoms with Crippen LogP contribution >= 0.6 is 0 Å². The Balaban J connectivity index is 2.33. The summed E-state index contributed by atoms with van der Waals surface area (Å²) >= 11 is 0.